The van der Waals surface area contributed by atoms with Crippen molar-refractivity contribution in [3.63, 3.8) is 0 Å². The summed E-state index contributed by atoms with van der Waals surface area (Å²) in [6.07, 6.45) is 1.24. The Kier molecular flexibility index (Phi) is 3.18. The van der Waals surface area contributed by atoms with E-state index in [9.17, 15) is 4.79 Å². The third-order valence-electron chi connectivity index (χ3n) is 4.33. The van der Waals surface area contributed by atoms with E-state index in [0.29, 0.717) is 34.6 Å². The number of nitrogen functional groups attached to an aromatic ring is 2. The van der Waals surface area contributed by atoms with Gasteiger partial charge in [0.15, 0.2) is 5.78 Å². The molecular formula is C17H19N5O. The Hall–Kier alpha value is -2.81. The molecule has 3 rings (SSSR count). The van der Waals surface area contributed by atoms with Crippen LogP contribution in [0.3, 0.4) is 0 Å². The Balaban J connectivity index is 2.25. The Morgan fingerprint density at radius 3 is 2.61 bits per heavy atom. The number of Topliss-reactive ketones (excluding diaryl/α,β-unsaturated/α-hetero) is 1. The molecule has 0 aliphatic heterocycles. The summed E-state index contributed by atoms with van der Waals surface area (Å²) < 4.78 is 1.70. The van der Waals surface area contributed by atoms with Gasteiger partial charge in [0.1, 0.15) is 6.07 Å². The zero-order valence-electron chi connectivity index (χ0n) is 13.5. The number of nitrogens with zero attached hydrogens (tertiary/aromatic N) is 3. The van der Waals surface area contributed by atoms with Gasteiger partial charge in [-0.3, -0.25) is 4.79 Å². The van der Waals surface area contributed by atoms with Crippen molar-refractivity contribution in [1.29, 1.82) is 5.26 Å². The Labute approximate surface area is 134 Å². The van der Waals surface area contributed by atoms with E-state index in [-0.39, 0.29) is 16.9 Å². The number of aryl methyl sites for hydroxylation is 1. The van der Waals surface area contributed by atoms with E-state index in [1.54, 1.807) is 16.8 Å². The van der Waals surface area contributed by atoms with E-state index >= 15 is 0 Å². The molecule has 118 valence electrons. The minimum Gasteiger partial charge on any atom is -0.396 e. The molecule has 23 heavy (non-hydrogen) atoms. The molecule has 0 unspecified atom stereocenters. The smallest absolute Gasteiger partial charge is 0.167 e. The average molecular weight is 309 g/mol. The Morgan fingerprint density at radius 1 is 1.26 bits per heavy atom. The second-order valence-corrected chi connectivity index (χ2v) is 6.83. The van der Waals surface area contributed by atoms with Gasteiger partial charge in [-0.25, -0.2) is 4.68 Å². The van der Waals surface area contributed by atoms with Crippen LogP contribution in [0, 0.1) is 23.7 Å². The first-order valence-corrected chi connectivity index (χ1v) is 7.45. The molecule has 2 aromatic rings. The first kappa shape index (κ1) is 15.1. The molecule has 0 amide bonds. The van der Waals surface area contributed by atoms with Crippen LogP contribution in [0.1, 0.15) is 47.6 Å². The maximum atomic E-state index is 12.5. The van der Waals surface area contributed by atoms with Gasteiger partial charge >= 0.3 is 0 Å². The monoisotopic (exact) mass is 309 g/mol. The topological polar surface area (TPSA) is 111 Å². The molecule has 1 aromatic heterocycles. The van der Waals surface area contributed by atoms with E-state index < -0.39 is 0 Å². The summed E-state index contributed by atoms with van der Waals surface area (Å²) in [4.78, 5) is 12.5. The molecule has 0 saturated carbocycles. The van der Waals surface area contributed by atoms with Gasteiger partial charge in [-0.15, -0.1) is 0 Å². The number of carbonyl (C=O) groups excluding carboxylic acids is 1. The van der Waals surface area contributed by atoms with Crippen molar-refractivity contribution in [2.45, 2.75) is 33.6 Å². The minimum absolute atomic E-state index is 0.111. The third kappa shape index (κ3) is 2.25. The standard InChI is InChI=1S/C17H19N5O/c1-9-14-12(6-17(2,3)7-13(14)23)22(21-9)11-5-4-10(8-18)15(19)16(11)20/h4-5H,6-7,19-20H2,1-3H3. The van der Waals surface area contributed by atoms with Crippen molar-refractivity contribution >= 4 is 17.2 Å². The van der Waals surface area contributed by atoms with Gasteiger partial charge in [0, 0.05) is 6.42 Å². The van der Waals surface area contributed by atoms with Gasteiger partial charge in [0.25, 0.3) is 0 Å². The fourth-order valence-electron chi connectivity index (χ4n) is 3.25. The molecule has 0 saturated heterocycles. The Morgan fingerprint density at radius 2 is 1.96 bits per heavy atom. The second-order valence-electron chi connectivity index (χ2n) is 6.83. The molecule has 0 spiro atoms. The number of nitrogens with two attached hydrogens (primary N) is 2. The van der Waals surface area contributed by atoms with Gasteiger partial charge < -0.3 is 11.5 Å². The first-order valence-electron chi connectivity index (χ1n) is 7.45. The maximum Gasteiger partial charge on any atom is 0.167 e. The van der Waals surface area contributed by atoms with Crippen molar-refractivity contribution in [3.05, 3.63) is 34.6 Å². The van der Waals surface area contributed by atoms with Crippen LogP contribution in [0.5, 0.6) is 0 Å². The van der Waals surface area contributed by atoms with E-state index in [0.717, 1.165) is 12.1 Å². The summed E-state index contributed by atoms with van der Waals surface area (Å²) in [5.41, 5.74) is 15.7. The van der Waals surface area contributed by atoms with Crippen molar-refractivity contribution in [2.75, 3.05) is 11.5 Å². The number of carbonyl (C=O) groups is 1. The van der Waals surface area contributed by atoms with E-state index in [2.05, 4.69) is 18.9 Å². The third-order valence-corrected chi connectivity index (χ3v) is 4.33. The summed E-state index contributed by atoms with van der Waals surface area (Å²) in [5, 5.41) is 13.6. The summed E-state index contributed by atoms with van der Waals surface area (Å²) in [6, 6.07) is 5.36. The highest BCUT2D eigenvalue weighted by Crippen LogP contribution is 2.38. The highest BCUT2D eigenvalue weighted by Gasteiger charge is 2.36. The number of aromatic nitrogens is 2. The number of nitriles is 1. The molecule has 0 fully saturated rings. The van der Waals surface area contributed by atoms with Crippen LogP contribution in [0.4, 0.5) is 11.4 Å². The second kappa shape index (κ2) is 4.85. The fourth-order valence-corrected chi connectivity index (χ4v) is 3.25. The molecule has 6 heteroatoms. The lowest BCUT2D eigenvalue weighted by molar-refractivity contribution is 0.0910. The number of anilines is 2. The molecule has 1 aliphatic carbocycles. The average Bonchev–Trinajstić information content (AvgIpc) is 2.77. The van der Waals surface area contributed by atoms with Crippen LogP contribution in [0.2, 0.25) is 0 Å². The number of rotatable bonds is 1. The van der Waals surface area contributed by atoms with Gasteiger partial charge in [0.2, 0.25) is 0 Å². The normalized spacial score (nSPS) is 16.0. The zero-order chi connectivity index (χ0) is 16.9. The lowest BCUT2D eigenvalue weighted by atomic mass is 9.75. The summed E-state index contributed by atoms with van der Waals surface area (Å²) >= 11 is 0. The zero-order valence-corrected chi connectivity index (χ0v) is 13.5. The fraction of sp³-hybridized carbons (Fsp3) is 0.353. The van der Waals surface area contributed by atoms with Crippen LogP contribution in [0.25, 0.3) is 5.69 Å². The van der Waals surface area contributed by atoms with E-state index in [1.807, 2.05) is 13.0 Å². The molecule has 4 N–H and O–H groups in total. The highest BCUT2D eigenvalue weighted by atomic mass is 16.1. The van der Waals surface area contributed by atoms with Crippen molar-refractivity contribution in [2.24, 2.45) is 5.41 Å². The van der Waals surface area contributed by atoms with Gasteiger partial charge in [-0.2, -0.15) is 10.4 Å². The lowest BCUT2D eigenvalue weighted by Crippen LogP contribution is -2.28. The molecule has 0 atom stereocenters. The van der Waals surface area contributed by atoms with E-state index in [1.165, 1.54) is 0 Å². The summed E-state index contributed by atoms with van der Waals surface area (Å²) in [7, 11) is 0. The van der Waals surface area contributed by atoms with Gasteiger partial charge in [-0.1, -0.05) is 13.8 Å². The molecule has 1 heterocycles. The molecule has 1 aromatic carbocycles. The SMILES string of the molecule is Cc1nn(-c2ccc(C#N)c(N)c2N)c2c1C(=O)CC(C)(C)C2. The maximum absolute atomic E-state index is 12.5. The van der Waals surface area contributed by atoms with Crippen molar-refractivity contribution < 1.29 is 4.79 Å². The number of fused-ring (bicyclic) bond motifs is 1. The summed E-state index contributed by atoms with van der Waals surface area (Å²) in [5.74, 6) is 0.111. The highest BCUT2D eigenvalue weighted by molar-refractivity contribution is 6.00. The number of hydrogen-bond acceptors (Lipinski definition) is 5. The molecule has 6 nitrogen and oxygen atoms in total. The Bertz CT molecular complexity index is 870. The quantitative estimate of drug-likeness (QED) is 0.786. The van der Waals surface area contributed by atoms with Crippen LogP contribution in [-0.2, 0) is 6.42 Å². The summed E-state index contributed by atoms with van der Waals surface area (Å²) in [6.45, 7) is 5.96. The largest absolute Gasteiger partial charge is 0.396 e. The lowest BCUT2D eigenvalue weighted by Gasteiger charge is -2.29. The first-order chi connectivity index (χ1) is 10.7. The molecule has 0 radical (unpaired) electrons. The van der Waals surface area contributed by atoms with Crippen LogP contribution < -0.4 is 11.5 Å². The van der Waals surface area contributed by atoms with Crippen molar-refractivity contribution in [3.8, 4) is 11.8 Å². The van der Waals surface area contributed by atoms with Gasteiger partial charge in [0.05, 0.1) is 39.6 Å². The van der Waals surface area contributed by atoms with Crippen LogP contribution in [-0.4, -0.2) is 15.6 Å². The number of ketones is 1. The van der Waals surface area contributed by atoms with Crippen molar-refractivity contribution in [1.82, 2.24) is 9.78 Å². The predicted molar refractivity (Wildman–Crippen MR) is 88.3 cm³/mol. The predicted octanol–water partition coefficient (Wildman–Crippen LogP) is 2.37. The van der Waals surface area contributed by atoms with E-state index in [4.69, 9.17) is 16.7 Å². The molecule has 1 aliphatic rings. The molecule has 0 bridgehead atoms. The number of hydrogen-bond donors (Lipinski definition) is 2. The molecular weight excluding hydrogens is 290 g/mol. The minimum atomic E-state index is -0.124. The van der Waals surface area contributed by atoms with Gasteiger partial charge in [-0.05, 0) is 30.9 Å². The number of benzene rings is 1. The van der Waals surface area contributed by atoms with Crippen LogP contribution >= 0.6 is 0 Å². The van der Waals surface area contributed by atoms with Crippen LogP contribution in [0.15, 0.2) is 12.1 Å².